The third-order valence-electron chi connectivity index (χ3n) is 4.47. The molecule has 0 bridgehead atoms. The quantitative estimate of drug-likeness (QED) is 0.605. The lowest BCUT2D eigenvalue weighted by atomic mass is 10.2. The van der Waals surface area contributed by atoms with Gasteiger partial charge in [-0.3, -0.25) is 14.8 Å². The molecule has 0 aromatic carbocycles. The molecule has 0 N–H and O–H groups in total. The van der Waals surface area contributed by atoms with Crippen molar-refractivity contribution in [1.29, 1.82) is 0 Å². The van der Waals surface area contributed by atoms with Crippen LogP contribution in [0.1, 0.15) is 24.0 Å². The van der Waals surface area contributed by atoms with Gasteiger partial charge in [0, 0.05) is 25.3 Å². The predicted octanol–water partition coefficient (Wildman–Crippen LogP) is 1.84. The molecule has 1 atom stereocenters. The van der Waals surface area contributed by atoms with Gasteiger partial charge in [-0.05, 0) is 33.8 Å². The van der Waals surface area contributed by atoms with Crippen LogP contribution in [0, 0.1) is 30.9 Å². The van der Waals surface area contributed by atoms with Crippen LogP contribution in [-0.2, 0) is 17.8 Å². The van der Waals surface area contributed by atoms with Gasteiger partial charge in [0.1, 0.15) is 5.69 Å². The number of hydrogen-bond donors (Lipinski definition) is 0. The van der Waals surface area contributed by atoms with Crippen molar-refractivity contribution in [2.75, 3.05) is 24.6 Å². The first-order valence-electron chi connectivity index (χ1n) is 8.50. The largest absolute Gasteiger partial charge is 0.373 e. The number of aryl methyl sites for hydroxylation is 4. The van der Waals surface area contributed by atoms with Crippen LogP contribution in [0.2, 0.25) is 0 Å². The topological polar surface area (TPSA) is 91.2 Å². The number of nitrogens with zero attached hydrogens (tertiary/aromatic N) is 6. The van der Waals surface area contributed by atoms with Gasteiger partial charge in [-0.2, -0.15) is 10.2 Å². The zero-order chi connectivity index (χ0) is 18.1. The van der Waals surface area contributed by atoms with E-state index in [2.05, 4.69) is 10.2 Å². The average molecular weight is 348 g/mol. The minimum atomic E-state index is -0.338. The molecular formula is C16H24N6O3. The van der Waals surface area contributed by atoms with Gasteiger partial charge in [-0.1, -0.05) is 0 Å². The summed E-state index contributed by atoms with van der Waals surface area (Å²) in [7, 11) is 0. The monoisotopic (exact) mass is 348 g/mol. The molecule has 1 aliphatic heterocycles. The summed E-state index contributed by atoms with van der Waals surface area (Å²) in [5, 5.41) is 20.3. The van der Waals surface area contributed by atoms with Gasteiger partial charge in [0.15, 0.2) is 0 Å². The van der Waals surface area contributed by atoms with E-state index in [-0.39, 0.29) is 16.7 Å². The lowest BCUT2D eigenvalue weighted by Crippen LogP contribution is -2.45. The van der Waals surface area contributed by atoms with Crippen molar-refractivity contribution in [3.63, 3.8) is 0 Å². The highest BCUT2D eigenvalue weighted by molar-refractivity contribution is 5.61. The standard InChI is InChI=1S/C16H24N6O3/c1-5-20-16(15(22(23)24)13(4)18-20)19-6-7-25-14(9-19)10-21-12(3)8-11(2)17-21/h8,14H,5-7,9-10H2,1-4H3. The molecule has 1 aliphatic rings. The fraction of sp³-hybridized carbons (Fsp3) is 0.625. The summed E-state index contributed by atoms with van der Waals surface area (Å²) in [6.07, 6.45) is -0.0770. The number of anilines is 1. The van der Waals surface area contributed by atoms with Crippen molar-refractivity contribution >= 4 is 11.5 Å². The Morgan fingerprint density at radius 1 is 1.32 bits per heavy atom. The molecule has 0 saturated carbocycles. The highest BCUT2D eigenvalue weighted by atomic mass is 16.6. The molecule has 3 rings (SSSR count). The molecule has 1 saturated heterocycles. The Labute approximate surface area is 146 Å². The van der Waals surface area contributed by atoms with Gasteiger partial charge >= 0.3 is 5.69 Å². The molecule has 9 heteroatoms. The summed E-state index contributed by atoms with van der Waals surface area (Å²) in [6.45, 7) is 10.5. The number of ether oxygens (including phenoxy) is 1. The summed E-state index contributed by atoms with van der Waals surface area (Å²) >= 11 is 0. The molecule has 3 heterocycles. The predicted molar refractivity (Wildman–Crippen MR) is 92.9 cm³/mol. The highest BCUT2D eigenvalue weighted by Gasteiger charge is 2.32. The smallest absolute Gasteiger partial charge is 0.333 e. The maximum Gasteiger partial charge on any atom is 0.333 e. The summed E-state index contributed by atoms with van der Waals surface area (Å²) in [5.74, 6) is 0.576. The molecule has 25 heavy (non-hydrogen) atoms. The van der Waals surface area contributed by atoms with E-state index < -0.39 is 0 Å². The first-order chi connectivity index (χ1) is 11.9. The maximum atomic E-state index is 11.5. The Hall–Kier alpha value is -2.42. The molecule has 2 aromatic heterocycles. The summed E-state index contributed by atoms with van der Waals surface area (Å²) in [5.41, 5.74) is 2.59. The Bertz CT molecular complexity index is 781. The van der Waals surface area contributed by atoms with E-state index in [1.807, 2.05) is 36.4 Å². The zero-order valence-electron chi connectivity index (χ0n) is 15.1. The number of nitro groups is 1. The zero-order valence-corrected chi connectivity index (χ0v) is 15.1. The number of morpholine rings is 1. The second-order valence-corrected chi connectivity index (χ2v) is 6.38. The minimum Gasteiger partial charge on any atom is -0.373 e. The first kappa shape index (κ1) is 17.4. The van der Waals surface area contributed by atoms with Crippen molar-refractivity contribution in [2.24, 2.45) is 0 Å². The van der Waals surface area contributed by atoms with E-state index in [0.717, 1.165) is 11.4 Å². The van der Waals surface area contributed by atoms with Crippen LogP contribution in [0.25, 0.3) is 0 Å². The molecule has 2 aromatic rings. The molecule has 9 nitrogen and oxygen atoms in total. The van der Waals surface area contributed by atoms with Crippen LogP contribution in [-0.4, -0.2) is 50.3 Å². The first-order valence-corrected chi connectivity index (χ1v) is 8.50. The van der Waals surface area contributed by atoms with E-state index in [9.17, 15) is 10.1 Å². The van der Waals surface area contributed by atoms with Gasteiger partial charge in [0.2, 0.25) is 5.82 Å². The van der Waals surface area contributed by atoms with Crippen molar-refractivity contribution in [3.05, 3.63) is 33.3 Å². The van der Waals surface area contributed by atoms with E-state index in [4.69, 9.17) is 4.74 Å². The fourth-order valence-electron chi connectivity index (χ4n) is 3.38. The van der Waals surface area contributed by atoms with Crippen LogP contribution >= 0.6 is 0 Å². The third-order valence-corrected chi connectivity index (χ3v) is 4.47. The van der Waals surface area contributed by atoms with E-state index in [0.29, 0.717) is 44.3 Å². The van der Waals surface area contributed by atoms with Crippen LogP contribution in [0.5, 0.6) is 0 Å². The molecular weight excluding hydrogens is 324 g/mol. The summed E-state index contributed by atoms with van der Waals surface area (Å²) < 4.78 is 9.51. The molecule has 0 spiro atoms. The van der Waals surface area contributed by atoms with Gasteiger partial charge in [0.05, 0.1) is 29.9 Å². The molecule has 0 amide bonds. The van der Waals surface area contributed by atoms with Crippen molar-refractivity contribution < 1.29 is 9.66 Å². The second kappa shape index (κ2) is 6.83. The number of hydrogen-bond acceptors (Lipinski definition) is 6. The van der Waals surface area contributed by atoms with Crippen molar-refractivity contribution in [2.45, 2.75) is 46.9 Å². The van der Waals surface area contributed by atoms with Crippen LogP contribution in [0.3, 0.4) is 0 Å². The molecule has 1 fully saturated rings. The highest BCUT2D eigenvalue weighted by Crippen LogP contribution is 2.32. The third kappa shape index (κ3) is 3.37. The fourth-order valence-corrected chi connectivity index (χ4v) is 3.38. The Morgan fingerprint density at radius 2 is 2.08 bits per heavy atom. The molecule has 136 valence electrons. The lowest BCUT2D eigenvalue weighted by Gasteiger charge is -2.34. The average Bonchev–Trinajstić information content (AvgIpc) is 3.06. The molecule has 0 radical (unpaired) electrons. The Morgan fingerprint density at radius 3 is 2.68 bits per heavy atom. The number of rotatable bonds is 5. The molecule has 1 unspecified atom stereocenters. The lowest BCUT2D eigenvalue weighted by molar-refractivity contribution is -0.384. The Kier molecular flexibility index (Phi) is 4.76. The van der Waals surface area contributed by atoms with E-state index >= 15 is 0 Å². The normalized spacial score (nSPS) is 17.9. The van der Waals surface area contributed by atoms with Crippen LogP contribution < -0.4 is 4.90 Å². The van der Waals surface area contributed by atoms with Gasteiger partial charge in [-0.15, -0.1) is 0 Å². The van der Waals surface area contributed by atoms with E-state index in [1.165, 1.54) is 0 Å². The number of aromatic nitrogens is 4. The minimum absolute atomic E-state index is 0.0770. The van der Waals surface area contributed by atoms with E-state index in [1.54, 1.807) is 11.6 Å². The van der Waals surface area contributed by atoms with Crippen LogP contribution in [0.15, 0.2) is 6.07 Å². The molecule has 0 aliphatic carbocycles. The van der Waals surface area contributed by atoms with Gasteiger partial charge < -0.3 is 9.64 Å². The van der Waals surface area contributed by atoms with Gasteiger partial charge in [-0.25, -0.2) is 4.68 Å². The van der Waals surface area contributed by atoms with Crippen molar-refractivity contribution in [1.82, 2.24) is 19.6 Å². The summed E-state index contributed by atoms with van der Waals surface area (Å²) in [6, 6.07) is 2.03. The Balaban J connectivity index is 1.84. The second-order valence-electron chi connectivity index (χ2n) is 6.38. The van der Waals surface area contributed by atoms with Crippen molar-refractivity contribution in [3.8, 4) is 0 Å². The SMILES string of the molecule is CCn1nc(C)c([N+](=O)[O-])c1N1CCOC(Cn2nc(C)cc2C)C1. The maximum absolute atomic E-state index is 11.5. The van der Waals surface area contributed by atoms with Gasteiger partial charge in [0.25, 0.3) is 0 Å². The summed E-state index contributed by atoms with van der Waals surface area (Å²) in [4.78, 5) is 13.2. The van der Waals surface area contributed by atoms with Crippen LogP contribution in [0.4, 0.5) is 11.5 Å².